The number of rotatable bonds is 5. The van der Waals surface area contributed by atoms with Gasteiger partial charge in [-0.3, -0.25) is 9.69 Å². The van der Waals surface area contributed by atoms with Crippen molar-refractivity contribution in [2.45, 2.75) is 36.8 Å². The standard InChI is InChI=1S/C20H21N3O4S/c1-12-6-7-15(11-13(12)2)28-17-16(5-4-8-21-17)19(25)27-14(3)18(24)23-10-9-22-20(23)26/h4-8,11,14H,9-10H2,1-3H3,(H,22,26)/t14-/m0/s1. The van der Waals surface area contributed by atoms with Gasteiger partial charge in [-0.15, -0.1) is 0 Å². The Labute approximate surface area is 167 Å². The van der Waals surface area contributed by atoms with Gasteiger partial charge in [0.05, 0.1) is 5.56 Å². The number of nitrogens with zero attached hydrogens (tertiary/aromatic N) is 2. The van der Waals surface area contributed by atoms with E-state index in [1.165, 1.54) is 24.2 Å². The average molecular weight is 399 g/mol. The van der Waals surface area contributed by atoms with Crippen molar-refractivity contribution in [1.82, 2.24) is 15.2 Å². The predicted molar refractivity (Wildman–Crippen MR) is 104 cm³/mol. The second kappa shape index (κ2) is 8.43. The van der Waals surface area contributed by atoms with Crippen LogP contribution in [0.4, 0.5) is 4.79 Å². The molecule has 0 saturated carbocycles. The maximum absolute atomic E-state index is 12.6. The molecular weight excluding hydrogens is 378 g/mol. The number of hydrogen-bond donors (Lipinski definition) is 1. The maximum atomic E-state index is 12.6. The fraction of sp³-hybridized carbons (Fsp3) is 0.300. The van der Waals surface area contributed by atoms with Crippen LogP contribution < -0.4 is 5.32 Å². The number of ether oxygens (including phenoxy) is 1. The Morgan fingerprint density at radius 2 is 2.04 bits per heavy atom. The Morgan fingerprint density at radius 3 is 2.71 bits per heavy atom. The number of amides is 3. The Kier molecular flexibility index (Phi) is 5.99. The quantitative estimate of drug-likeness (QED) is 0.778. The van der Waals surface area contributed by atoms with E-state index in [-0.39, 0.29) is 12.1 Å². The summed E-state index contributed by atoms with van der Waals surface area (Å²) >= 11 is 1.36. The van der Waals surface area contributed by atoms with Crippen molar-refractivity contribution in [2.24, 2.45) is 0 Å². The second-order valence-electron chi connectivity index (χ2n) is 6.47. The molecule has 1 N–H and O–H groups in total. The Morgan fingerprint density at radius 1 is 1.25 bits per heavy atom. The van der Waals surface area contributed by atoms with E-state index in [9.17, 15) is 14.4 Å². The molecule has 0 aliphatic carbocycles. The monoisotopic (exact) mass is 399 g/mol. The summed E-state index contributed by atoms with van der Waals surface area (Å²) < 4.78 is 5.32. The van der Waals surface area contributed by atoms with Crippen molar-refractivity contribution >= 4 is 29.7 Å². The molecule has 146 valence electrons. The smallest absolute Gasteiger partial charge is 0.341 e. The molecule has 7 nitrogen and oxygen atoms in total. The fourth-order valence-corrected chi connectivity index (χ4v) is 3.66. The molecule has 0 bridgehead atoms. The van der Waals surface area contributed by atoms with Crippen LogP contribution in [0.5, 0.6) is 0 Å². The van der Waals surface area contributed by atoms with Crippen LogP contribution in [0.2, 0.25) is 0 Å². The normalized spacial score (nSPS) is 14.5. The number of hydrogen-bond acceptors (Lipinski definition) is 6. The first-order valence-electron chi connectivity index (χ1n) is 8.87. The number of urea groups is 1. The van der Waals surface area contributed by atoms with E-state index in [0.717, 1.165) is 15.4 Å². The van der Waals surface area contributed by atoms with E-state index in [4.69, 9.17) is 4.74 Å². The Bertz CT molecular complexity index is 931. The van der Waals surface area contributed by atoms with Crippen molar-refractivity contribution in [2.75, 3.05) is 13.1 Å². The number of imide groups is 1. The predicted octanol–water partition coefficient (Wildman–Crippen LogP) is 2.95. The zero-order valence-electron chi connectivity index (χ0n) is 15.9. The molecule has 3 amide bonds. The highest BCUT2D eigenvalue weighted by atomic mass is 32.2. The molecule has 2 heterocycles. The topological polar surface area (TPSA) is 88.6 Å². The van der Waals surface area contributed by atoms with Crippen LogP contribution in [0.25, 0.3) is 0 Å². The molecule has 1 saturated heterocycles. The summed E-state index contributed by atoms with van der Waals surface area (Å²) in [4.78, 5) is 42.9. The largest absolute Gasteiger partial charge is 0.449 e. The van der Waals surface area contributed by atoms with E-state index in [1.54, 1.807) is 18.3 Å². The van der Waals surface area contributed by atoms with Crippen LogP contribution in [-0.2, 0) is 9.53 Å². The summed E-state index contributed by atoms with van der Waals surface area (Å²) in [6.45, 7) is 6.17. The highest BCUT2D eigenvalue weighted by Gasteiger charge is 2.32. The van der Waals surface area contributed by atoms with Crippen LogP contribution in [-0.4, -0.2) is 47.0 Å². The lowest BCUT2D eigenvalue weighted by Gasteiger charge is -2.18. The van der Waals surface area contributed by atoms with Crippen molar-refractivity contribution in [3.63, 3.8) is 0 Å². The number of pyridine rings is 1. The lowest BCUT2D eigenvalue weighted by molar-refractivity contribution is -0.136. The number of aryl methyl sites for hydroxylation is 2. The van der Waals surface area contributed by atoms with Gasteiger partial charge in [0.2, 0.25) is 0 Å². The van der Waals surface area contributed by atoms with Crippen molar-refractivity contribution in [3.05, 3.63) is 53.2 Å². The molecule has 3 rings (SSSR count). The SMILES string of the molecule is Cc1ccc(Sc2ncccc2C(=O)O[C@@H](C)C(=O)N2CCNC2=O)cc1C. The average Bonchev–Trinajstić information content (AvgIpc) is 3.10. The molecule has 0 unspecified atom stereocenters. The molecule has 1 aliphatic rings. The van der Waals surface area contributed by atoms with Gasteiger partial charge in [0, 0.05) is 24.2 Å². The van der Waals surface area contributed by atoms with Crippen LogP contribution >= 0.6 is 11.8 Å². The van der Waals surface area contributed by atoms with E-state index in [1.807, 2.05) is 32.0 Å². The van der Waals surface area contributed by atoms with Gasteiger partial charge in [0.15, 0.2) is 6.10 Å². The molecule has 28 heavy (non-hydrogen) atoms. The highest BCUT2D eigenvalue weighted by molar-refractivity contribution is 7.99. The molecule has 1 atom stereocenters. The Hall–Kier alpha value is -2.87. The van der Waals surface area contributed by atoms with Crippen molar-refractivity contribution in [1.29, 1.82) is 0 Å². The van der Waals surface area contributed by atoms with E-state index < -0.39 is 24.0 Å². The number of benzene rings is 1. The summed E-state index contributed by atoms with van der Waals surface area (Å²) in [5, 5.41) is 3.04. The summed E-state index contributed by atoms with van der Waals surface area (Å²) in [6, 6.07) is 8.79. The lowest BCUT2D eigenvalue weighted by Crippen LogP contribution is -2.41. The van der Waals surface area contributed by atoms with Crippen molar-refractivity contribution in [3.8, 4) is 0 Å². The van der Waals surface area contributed by atoms with Crippen molar-refractivity contribution < 1.29 is 19.1 Å². The Balaban J connectivity index is 1.74. The minimum atomic E-state index is -1.07. The van der Waals surface area contributed by atoms with Crippen LogP contribution in [0.3, 0.4) is 0 Å². The third-order valence-electron chi connectivity index (χ3n) is 4.44. The van der Waals surface area contributed by atoms with Gasteiger partial charge in [0.25, 0.3) is 5.91 Å². The zero-order chi connectivity index (χ0) is 20.3. The van der Waals surface area contributed by atoms with Gasteiger partial charge in [-0.25, -0.2) is 14.6 Å². The summed E-state index contributed by atoms with van der Waals surface area (Å²) in [5.41, 5.74) is 2.60. The number of nitrogens with one attached hydrogen (secondary N) is 1. The van der Waals surface area contributed by atoms with E-state index in [0.29, 0.717) is 11.6 Å². The number of aromatic nitrogens is 1. The molecule has 8 heteroatoms. The third-order valence-corrected chi connectivity index (χ3v) is 5.45. The lowest BCUT2D eigenvalue weighted by atomic mass is 10.1. The molecule has 1 fully saturated rings. The van der Waals surface area contributed by atoms with Crippen LogP contribution in [0, 0.1) is 13.8 Å². The molecule has 0 spiro atoms. The summed E-state index contributed by atoms with van der Waals surface area (Å²) in [6.07, 6.45) is 0.527. The third kappa shape index (κ3) is 4.33. The fourth-order valence-electron chi connectivity index (χ4n) is 2.69. The number of carbonyl (C=O) groups excluding carboxylic acids is 3. The molecule has 0 radical (unpaired) electrons. The van der Waals surface area contributed by atoms with Crippen LogP contribution in [0.15, 0.2) is 46.5 Å². The van der Waals surface area contributed by atoms with Gasteiger partial charge < -0.3 is 10.1 Å². The van der Waals surface area contributed by atoms with Gasteiger partial charge in [-0.05, 0) is 56.2 Å². The molecule has 2 aromatic rings. The zero-order valence-corrected chi connectivity index (χ0v) is 16.7. The van der Waals surface area contributed by atoms with E-state index >= 15 is 0 Å². The van der Waals surface area contributed by atoms with Gasteiger partial charge in [0.1, 0.15) is 5.03 Å². The summed E-state index contributed by atoms with van der Waals surface area (Å²) in [7, 11) is 0. The molecule has 1 aliphatic heterocycles. The van der Waals surface area contributed by atoms with E-state index in [2.05, 4.69) is 10.3 Å². The van der Waals surface area contributed by atoms with Crippen LogP contribution in [0.1, 0.15) is 28.4 Å². The number of esters is 1. The molecule has 1 aromatic heterocycles. The first-order chi connectivity index (χ1) is 13.4. The minimum Gasteiger partial charge on any atom is -0.449 e. The van der Waals surface area contributed by atoms with Gasteiger partial charge >= 0.3 is 12.0 Å². The molecular formula is C20H21N3O4S. The summed E-state index contributed by atoms with van der Waals surface area (Å²) in [5.74, 6) is -1.20. The number of carbonyl (C=O) groups is 3. The van der Waals surface area contributed by atoms with Gasteiger partial charge in [-0.2, -0.15) is 0 Å². The first-order valence-corrected chi connectivity index (χ1v) is 9.69. The second-order valence-corrected chi connectivity index (χ2v) is 7.54. The maximum Gasteiger partial charge on any atom is 0.341 e. The minimum absolute atomic E-state index is 0.264. The highest BCUT2D eigenvalue weighted by Crippen LogP contribution is 2.30. The molecule has 1 aromatic carbocycles. The first kappa shape index (κ1) is 19.9. The van der Waals surface area contributed by atoms with Gasteiger partial charge in [-0.1, -0.05) is 17.8 Å².